The number of H-pyrrole nitrogens is 1. The van der Waals surface area contributed by atoms with Crippen molar-refractivity contribution in [3.05, 3.63) is 24.9 Å². The van der Waals surface area contributed by atoms with E-state index in [1.54, 1.807) is 23.2 Å². The molecule has 1 aliphatic rings. The van der Waals surface area contributed by atoms with E-state index in [1.165, 1.54) is 6.33 Å². The molecule has 3 unspecified atom stereocenters. The Kier molecular flexibility index (Phi) is 7.05. The second-order valence-electron chi connectivity index (χ2n) is 7.64. The van der Waals surface area contributed by atoms with Gasteiger partial charge in [0.1, 0.15) is 24.0 Å². The number of hydrogen-bond donors (Lipinski definition) is 6. The molecular weight excluding hydrogens is 533 g/mol. The largest absolute Gasteiger partial charge is 0.490 e. The molecule has 7 N–H and O–H groups in total. The predicted octanol–water partition coefficient (Wildman–Crippen LogP) is 1.67. The van der Waals surface area contributed by atoms with Gasteiger partial charge >= 0.3 is 23.5 Å². The van der Waals surface area contributed by atoms with Crippen LogP contribution in [0.15, 0.2) is 24.9 Å². The van der Waals surface area contributed by atoms with Gasteiger partial charge in [-0.2, -0.15) is 13.7 Å². The van der Waals surface area contributed by atoms with Gasteiger partial charge in [0.2, 0.25) is 0 Å². The average Bonchev–Trinajstić information content (AvgIpc) is 3.42. The molecule has 0 spiro atoms. The minimum absolute atomic E-state index is 0.145. The molecule has 3 aromatic heterocycles. The number of aromatic amines is 1. The van der Waals surface area contributed by atoms with Crippen molar-refractivity contribution < 1.29 is 51.2 Å². The zero-order chi connectivity index (χ0) is 25.6. The van der Waals surface area contributed by atoms with Crippen LogP contribution in [0.25, 0.3) is 22.2 Å². The molecule has 0 radical (unpaired) electrons. The fraction of sp³-hybridized carbons (Fsp3) is 0.400. The van der Waals surface area contributed by atoms with Gasteiger partial charge in [-0.15, -0.1) is 0 Å². The standard InChI is InChI=1S/C15H21N6O11P3/c1-8-2-10(6-29-34(25,26)32-35(27,28)31-33(22,23)24)30-15(8)21-5-11(9-3-19-20-4-9)12-13(16)17-7-18-14(12)21/h3-5,7-8,10,15H,2,6H2,1H3,(H,19,20)(H,25,26)(H,27,28)(H2,16,17,18)(H2,22,23,24)/t8-,10?,15+/m0/s1. The maximum absolute atomic E-state index is 12.0. The Hall–Kier alpha value is -2.00. The van der Waals surface area contributed by atoms with E-state index in [0.29, 0.717) is 23.0 Å². The lowest BCUT2D eigenvalue weighted by Gasteiger charge is -2.19. The van der Waals surface area contributed by atoms with Gasteiger partial charge in [-0.25, -0.2) is 23.7 Å². The van der Waals surface area contributed by atoms with Crippen molar-refractivity contribution in [1.29, 1.82) is 0 Å². The van der Waals surface area contributed by atoms with Gasteiger partial charge < -0.3 is 34.6 Å². The summed E-state index contributed by atoms with van der Waals surface area (Å²) in [4.78, 5) is 44.5. The summed E-state index contributed by atoms with van der Waals surface area (Å²) in [6.07, 6.45) is 5.36. The van der Waals surface area contributed by atoms with E-state index >= 15 is 0 Å². The Morgan fingerprint density at radius 1 is 1.20 bits per heavy atom. The molecule has 4 heterocycles. The lowest BCUT2D eigenvalue weighted by Crippen LogP contribution is -2.17. The first-order valence-corrected chi connectivity index (χ1v) is 14.3. The average molecular weight is 554 g/mol. The first-order chi connectivity index (χ1) is 16.2. The molecule has 4 rings (SSSR count). The van der Waals surface area contributed by atoms with Crippen LogP contribution in [0.3, 0.4) is 0 Å². The maximum Gasteiger partial charge on any atom is 0.490 e. The third-order valence-electron chi connectivity index (χ3n) is 5.01. The van der Waals surface area contributed by atoms with E-state index in [-0.39, 0.29) is 11.7 Å². The highest BCUT2D eigenvalue weighted by Crippen LogP contribution is 2.66. The maximum atomic E-state index is 12.0. The number of nitrogens with two attached hydrogens (primary N) is 1. The molecule has 0 bridgehead atoms. The zero-order valence-corrected chi connectivity index (χ0v) is 20.5. The first-order valence-electron chi connectivity index (χ1n) is 9.78. The summed E-state index contributed by atoms with van der Waals surface area (Å²) in [7, 11) is -16.3. The third-order valence-corrected chi connectivity index (χ3v) is 8.82. The molecule has 1 aliphatic heterocycles. The highest BCUT2D eigenvalue weighted by atomic mass is 31.3. The third kappa shape index (κ3) is 6.05. The second kappa shape index (κ2) is 9.47. The van der Waals surface area contributed by atoms with Crippen molar-refractivity contribution in [3.63, 3.8) is 0 Å². The Labute approximate surface area is 196 Å². The van der Waals surface area contributed by atoms with Crippen LogP contribution >= 0.6 is 23.5 Å². The Morgan fingerprint density at radius 2 is 1.94 bits per heavy atom. The van der Waals surface area contributed by atoms with Crippen LogP contribution in [0, 0.1) is 5.92 Å². The number of ether oxygens (including phenoxy) is 1. The van der Waals surface area contributed by atoms with Crippen LogP contribution in [0.2, 0.25) is 0 Å². The van der Waals surface area contributed by atoms with Crippen LogP contribution in [0.5, 0.6) is 0 Å². The van der Waals surface area contributed by atoms with Crippen LogP contribution in [0.1, 0.15) is 19.6 Å². The Morgan fingerprint density at radius 3 is 2.60 bits per heavy atom. The van der Waals surface area contributed by atoms with Gasteiger partial charge in [0.15, 0.2) is 0 Å². The molecule has 1 fully saturated rings. The molecule has 0 saturated carbocycles. The molecule has 20 heteroatoms. The minimum atomic E-state index is -5.60. The summed E-state index contributed by atoms with van der Waals surface area (Å²) >= 11 is 0. The van der Waals surface area contributed by atoms with Gasteiger partial charge in [0.25, 0.3) is 0 Å². The number of phosphoric acid groups is 3. The van der Waals surface area contributed by atoms with Gasteiger partial charge in [-0.1, -0.05) is 6.92 Å². The molecule has 192 valence electrons. The fourth-order valence-electron chi connectivity index (χ4n) is 3.77. The normalized spacial score (nSPS) is 24.4. The number of aromatic nitrogens is 5. The number of rotatable bonds is 9. The molecular formula is C15H21N6O11P3. The summed E-state index contributed by atoms with van der Waals surface area (Å²) in [6, 6.07) is 0. The summed E-state index contributed by atoms with van der Waals surface area (Å²) in [5, 5.41) is 7.26. The van der Waals surface area contributed by atoms with E-state index < -0.39 is 42.4 Å². The van der Waals surface area contributed by atoms with Crippen LogP contribution in [0.4, 0.5) is 5.82 Å². The summed E-state index contributed by atoms with van der Waals surface area (Å²) in [5.74, 6) is 0.105. The van der Waals surface area contributed by atoms with Crippen molar-refractivity contribution in [2.24, 2.45) is 5.92 Å². The summed E-state index contributed by atoms with van der Waals surface area (Å²) in [5.41, 5.74) is 8.02. The van der Waals surface area contributed by atoms with E-state index in [0.717, 1.165) is 5.56 Å². The van der Waals surface area contributed by atoms with Crippen LogP contribution in [-0.4, -0.2) is 57.0 Å². The lowest BCUT2D eigenvalue weighted by molar-refractivity contribution is -0.0287. The zero-order valence-electron chi connectivity index (χ0n) is 17.8. The number of nitrogens with zero attached hydrogens (tertiary/aromatic N) is 4. The molecule has 0 aliphatic carbocycles. The first kappa shape index (κ1) is 26.1. The molecule has 1 saturated heterocycles. The molecule has 0 amide bonds. The van der Waals surface area contributed by atoms with Crippen molar-refractivity contribution in [2.75, 3.05) is 12.3 Å². The van der Waals surface area contributed by atoms with Crippen molar-refractivity contribution in [2.45, 2.75) is 25.7 Å². The number of nitrogens with one attached hydrogen (secondary N) is 1. The van der Waals surface area contributed by atoms with Gasteiger partial charge in [-0.05, 0) is 6.42 Å². The number of phosphoric ester groups is 1. The van der Waals surface area contributed by atoms with Crippen LogP contribution < -0.4 is 5.73 Å². The number of fused-ring (bicyclic) bond motifs is 1. The highest BCUT2D eigenvalue weighted by molar-refractivity contribution is 7.66. The van der Waals surface area contributed by atoms with E-state index in [2.05, 4.69) is 28.8 Å². The van der Waals surface area contributed by atoms with Crippen molar-refractivity contribution >= 4 is 40.3 Å². The smallest absolute Gasteiger partial charge is 0.383 e. The second-order valence-corrected chi connectivity index (χ2v) is 12.1. The number of anilines is 1. The lowest BCUT2D eigenvalue weighted by atomic mass is 10.1. The topological polar surface area (TPSA) is 254 Å². The molecule has 35 heavy (non-hydrogen) atoms. The number of hydrogen-bond acceptors (Lipinski definition) is 11. The minimum Gasteiger partial charge on any atom is -0.383 e. The van der Waals surface area contributed by atoms with E-state index in [4.69, 9.17) is 24.8 Å². The molecule has 5 atom stereocenters. The Bertz CT molecular complexity index is 1360. The monoisotopic (exact) mass is 554 g/mol. The van der Waals surface area contributed by atoms with Crippen molar-refractivity contribution in [1.82, 2.24) is 24.7 Å². The van der Waals surface area contributed by atoms with Gasteiger partial charge in [0, 0.05) is 29.4 Å². The SMILES string of the molecule is C[C@H]1CC(COP(=O)(O)OP(=O)(O)OP(=O)(O)O)O[C@H]1n1cc(-c2cn[nH]c2)c2c(N)ncnc21. The molecule has 0 aromatic carbocycles. The molecule has 17 nitrogen and oxygen atoms in total. The van der Waals surface area contributed by atoms with E-state index in [1.807, 2.05) is 6.92 Å². The Balaban J connectivity index is 1.50. The quantitative estimate of drug-likeness (QED) is 0.206. The van der Waals surface area contributed by atoms with Crippen molar-refractivity contribution in [3.8, 4) is 11.1 Å². The van der Waals surface area contributed by atoms with Gasteiger partial charge in [0.05, 0.1) is 24.3 Å². The highest BCUT2D eigenvalue weighted by Gasteiger charge is 2.42. The predicted molar refractivity (Wildman–Crippen MR) is 117 cm³/mol. The van der Waals surface area contributed by atoms with Gasteiger partial charge in [-0.3, -0.25) is 9.62 Å². The molecule has 3 aromatic rings. The van der Waals surface area contributed by atoms with Crippen LogP contribution in [-0.2, 0) is 31.6 Å². The van der Waals surface area contributed by atoms with E-state index in [9.17, 15) is 23.5 Å². The number of nitrogen functional groups attached to an aromatic ring is 1. The summed E-state index contributed by atoms with van der Waals surface area (Å²) < 4.78 is 54.0. The fourth-order valence-corrected chi connectivity index (χ4v) is 6.81. The summed E-state index contributed by atoms with van der Waals surface area (Å²) in [6.45, 7) is 1.32.